The number of aliphatic hydroxyl groups is 1. The van der Waals surface area contributed by atoms with Gasteiger partial charge in [0.15, 0.2) is 5.82 Å². The van der Waals surface area contributed by atoms with E-state index in [-0.39, 0.29) is 0 Å². The zero-order valence-electron chi connectivity index (χ0n) is 20.2. The SMILES string of the molecule is CCOCCOc1nc(-c2ccc(C)cc2)n(-c2ccc(NCC(O)Cc3ccccc3)cc2)n1. The number of hydrogen-bond donors (Lipinski definition) is 2. The molecule has 0 saturated carbocycles. The van der Waals surface area contributed by atoms with Gasteiger partial charge in [0.05, 0.1) is 18.4 Å². The largest absolute Gasteiger partial charge is 0.460 e. The molecular formula is C28H32N4O3. The molecule has 4 rings (SSSR count). The number of ether oxygens (including phenoxy) is 2. The lowest BCUT2D eigenvalue weighted by molar-refractivity contribution is 0.106. The molecule has 0 radical (unpaired) electrons. The quantitative estimate of drug-likeness (QED) is 0.292. The van der Waals surface area contributed by atoms with Gasteiger partial charge in [0.1, 0.15) is 6.61 Å². The molecule has 1 unspecified atom stereocenters. The minimum absolute atomic E-state index is 0.312. The molecule has 0 amide bonds. The number of rotatable bonds is 12. The predicted molar refractivity (Wildman–Crippen MR) is 138 cm³/mol. The van der Waals surface area contributed by atoms with Crippen molar-refractivity contribution in [3.05, 3.63) is 90.0 Å². The minimum Gasteiger partial charge on any atom is -0.460 e. The molecule has 0 aliphatic rings. The Bertz CT molecular complexity index is 1180. The van der Waals surface area contributed by atoms with Crippen molar-refractivity contribution in [1.82, 2.24) is 14.8 Å². The van der Waals surface area contributed by atoms with E-state index in [1.54, 1.807) is 4.68 Å². The maximum atomic E-state index is 10.4. The van der Waals surface area contributed by atoms with Gasteiger partial charge in [0, 0.05) is 30.8 Å². The summed E-state index contributed by atoms with van der Waals surface area (Å²) < 4.78 is 12.9. The summed E-state index contributed by atoms with van der Waals surface area (Å²) in [6.07, 6.45) is 0.133. The molecular weight excluding hydrogens is 440 g/mol. The Morgan fingerprint density at radius 2 is 1.69 bits per heavy atom. The van der Waals surface area contributed by atoms with E-state index in [0.29, 0.717) is 44.6 Å². The summed E-state index contributed by atoms with van der Waals surface area (Å²) in [5, 5.41) is 18.3. The van der Waals surface area contributed by atoms with Crippen molar-refractivity contribution < 1.29 is 14.6 Å². The zero-order valence-corrected chi connectivity index (χ0v) is 20.2. The maximum absolute atomic E-state index is 10.4. The van der Waals surface area contributed by atoms with Crippen LogP contribution in [0.1, 0.15) is 18.1 Å². The van der Waals surface area contributed by atoms with Crippen LogP contribution in [0.25, 0.3) is 17.1 Å². The van der Waals surface area contributed by atoms with Crippen molar-refractivity contribution in [2.75, 3.05) is 31.7 Å². The van der Waals surface area contributed by atoms with E-state index in [1.165, 1.54) is 5.56 Å². The molecule has 7 heteroatoms. The Morgan fingerprint density at radius 1 is 0.943 bits per heavy atom. The van der Waals surface area contributed by atoms with Crippen LogP contribution in [0, 0.1) is 6.92 Å². The molecule has 4 aromatic rings. The van der Waals surface area contributed by atoms with E-state index in [2.05, 4.69) is 34.5 Å². The molecule has 1 atom stereocenters. The van der Waals surface area contributed by atoms with Gasteiger partial charge in [0.25, 0.3) is 0 Å². The van der Waals surface area contributed by atoms with Crippen LogP contribution in [0.3, 0.4) is 0 Å². The average molecular weight is 473 g/mol. The molecule has 1 heterocycles. The number of nitrogens with one attached hydrogen (secondary N) is 1. The normalized spacial score (nSPS) is 11.9. The molecule has 0 aliphatic carbocycles. The van der Waals surface area contributed by atoms with Crippen molar-refractivity contribution in [1.29, 1.82) is 0 Å². The van der Waals surface area contributed by atoms with Crippen LogP contribution < -0.4 is 10.1 Å². The van der Waals surface area contributed by atoms with Gasteiger partial charge in [-0.25, -0.2) is 4.68 Å². The standard InChI is InChI=1S/C28H32N4O3/c1-3-34-17-18-35-28-30-27(23-11-9-21(2)10-12-23)32(31-28)25-15-13-24(14-16-25)29-20-26(33)19-22-7-5-4-6-8-22/h4-16,26,29,33H,3,17-20H2,1-2H3. The highest BCUT2D eigenvalue weighted by Gasteiger charge is 2.15. The summed E-state index contributed by atoms with van der Waals surface area (Å²) in [5.74, 6) is 0.704. The Balaban J connectivity index is 1.46. The molecule has 0 aliphatic heterocycles. The van der Waals surface area contributed by atoms with Gasteiger partial charge >= 0.3 is 6.01 Å². The maximum Gasteiger partial charge on any atom is 0.336 e. The summed E-state index contributed by atoms with van der Waals surface area (Å²) in [4.78, 5) is 4.63. The fourth-order valence-corrected chi connectivity index (χ4v) is 3.67. The second-order valence-corrected chi connectivity index (χ2v) is 8.31. The third-order valence-corrected chi connectivity index (χ3v) is 5.53. The smallest absolute Gasteiger partial charge is 0.336 e. The van der Waals surface area contributed by atoms with Crippen molar-refractivity contribution in [3.8, 4) is 23.1 Å². The van der Waals surface area contributed by atoms with Gasteiger partial charge in [-0.15, -0.1) is 5.10 Å². The average Bonchev–Trinajstić information content (AvgIpc) is 3.31. The lowest BCUT2D eigenvalue weighted by Gasteiger charge is -2.13. The lowest BCUT2D eigenvalue weighted by Crippen LogP contribution is -2.21. The van der Waals surface area contributed by atoms with E-state index in [4.69, 9.17) is 9.47 Å². The van der Waals surface area contributed by atoms with Crippen molar-refractivity contribution >= 4 is 5.69 Å². The van der Waals surface area contributed by atoms with Crippen molar-refractivity contribution in [2.45, 2.75) is 26.4 Å². The van der Waals surface area contributed by atoms with Gasteiger partial charge < -0.3 is 19.9 Å². The van der Waals surface area contributed by atoms with Gasteiger partial charge in [-0.05, 0) is 43.7 Å². The van der Waals surface area contributed by atoms with Crippen molar-refractivity contribution in [2.24, 2.45) is 0 Å². The first-order valence-electron chi connectivity index (χ1n) is 11.9. The fraction of sp³-hybridized carbons (Fsp3) is 0.286. The Morgan fingerprint density at radius 3 is 2.40 bits per heavy atom. The van der Waals surface area contributed by atoms with Gasteiger partial charge in [-0.3, -0.25) is 0 Å². The third kappa shape index (κ3) is 6.91. The number of nitrogens with zero attached hydrogens (tertiary/aromatic N) is 3. The molecule has 182 valence electrons. The second kappa shape index (κ2) is 12.1. The van der Waals surface area contributed by atoms with E-state index >= 15 is 0 Å². The van der Waals surface area contributed by atoms with E-state index in [0.717, 1.165) is 22.5 Å². The summed E-state index contributed by atoms with van der Waals surface area (Å²) in [6.45, 7) is 5.98. The van der Waals surface area contributed by atoms with Crippen LogP contribution in [-0.4, -0.2) is 52.3 Å². The highest BCUT2D eigenvalue weighted by molar-refractivity contribution is 5.60. The van der Waals surface area contributed by atoms with Crippen LogP contribution in [0.15, 0.2) is 78.9 Å². The van der Waals surface area contributed by atoms with Crippen LogP contribution in [-0.2, 0) is 11.2 Å². The number of aryl methyl sites for hydroxylation is 1. The third-order valence-electron chi connectivity index (χ3n) is 5.53. The number of aliphatic hydroxyl groups excluding tert-OH is 1. The molecule has 2 N–H and O–H groups in total. The summed E-state index contributed by atoms with van der Waals surface area (Å²) in [6, 6.07) is 26.4. The molecule has 35 heavy (non-hydrogen) atoms. The van der Waals surface area contributed by atoms with Crippen LogP contribution >= 0.6 is 0 Å². The molecule has 0 bridgehead atoms. The molecule has 7 nitrogen and oxygen atoms in total. The van der Waals surface area contributed by atoms with E-state index in [9.17, 15) is 5.11 Å². The number of anilines is 1. The predicted octanol–water partition coefficient (Wildman–Crippen LogP) is 4.67. The van der Waals surface area contributed by atoms with Gasteiger partial charge in [0.2, 0.25) is 0 Å². The van der Waals surface area contributed by atoms with Crippen LogP contribution in [0.5, 0.6) is 6.01 Å². The number of hydrogen-bond acceptors (Lipinski definition) is 6. The Hall–Kier alpha value is -3.68. The lowest BCUT2D eigenvalue weighted by atomic mass is 10.1. The summed E-state index contributed by atoms with van der Waals surface area (Å²) in [7, 11) is 0. The fourth-order valence-electron chi connectivity index (χ4n) is 3.67. The first-order chi connectivity index (χ1) is 17.1. The highest BCUT2D eigenvalue weighted by atomic mass is 16.5. The molecule has 0 fully saturated rings. The molecule has 0 saturated heterocycles. The minimum atomic E-state index is -0.475. The summed E-state index contributed by atoms with van der Waals surface area (Å²) in [5.41, 5.74) is 5.03. The van der Waals surface area contributed by atoms with E-state index in [1.807, 2.05) is 73.7 Å². The first kappa shape index (κ1) is 24.4. The van der Waals surface area contributed by atoms with Crippen molar-refractivity contribution in [3.63, 3.8) is 0 Å². The second-order valence-electron chi connectivity index (χ2n) is 8.31. The first-order valence-corrected chi connectivity index (χ1v) is 11.9. The highest BCUT2D eigenvalue weighted by Crippen LogP contribution is 2.25. The topological polar surface area (TPSA) is 81.4 Å². The zero-order chi connectivity index (χ0) is 24.5. The van der Waals surface area contributed by atoms with E-state index < -0.39 is 6.10 Å². The number of aromatic nitrogens is 3. The Labute approximate surface area is 206 Å². The Kier molecular flexibility index (Phi) is 8.48. The molecule has 1 aromatic heterocycles. The van der Waals surface area contributed by atoms with Gasteiger partial charge in [-0.1, -0.05) is 60.2 Å². The monoisotopic (exact) mass is 472 g/mol. The van der Waals surface area contributed by atoms with Crippen LogP contribution in [0.4, 0.5) is 5.69 Å². The van der Waals surface area contributed by atoms with Gasteiger partial charge in [-0.2, -0.15) is 4.98 Å². The van der Waals surface area contributed by atoms with Crippen LogP contribution in [0.2, 0.25) is 0 Å². The molecule has 0 spiro atoms. The molecule has 3 aromatic carbocycles. The summed E-state index contributed by atoms with van der Waals surface area (Å²) >= 11 is 0. The number of benzene rings is 3.